The maximum Gasteiger partial charge on any atom is 0.303 e. The molecule has 0 aromatic heterocycles. The van der Waals surface area contributed by atoms with Crippen LogP contribution in [-0.2, 0) is 16.0 Å². The van der Waals surface area contributed by atoms with Gasteiger partial charge >= 0.3 is 5.97 Å². The number of nitrogens with one attached hydrogen (secondary N) is 1. The van der Waals surface area contributed by atoms with E-state index in [9.17, 15) is 9.59 Å². The Hall–Kier alpha value is -1.75. The van der Waals surface area contributed by atoms with Crippen LogP contribution in [0.1, 0.15) is 18.4 Å². The summed E-state index contributed by atoms with van der Waals surface area (Å²) >= 11 is 0. The lowest BCUT2D eigenvalue weighted by Crippen LogP contribution is -2.26. The van der Waals surface area contributed by atoms with Crippen molar-refractivity contribution in [3.8, 4) is 5.75 Å². The third-order valence-electron chi connectivity index (χ3n) is 2.44. The first kappa shape index (κ1) is 17.2. The summed E-state index contributed by atoms with van der Waals surface area (Å²) in [7, 11) is 1.60. The van der Waals surface area contributed by atoms with Gasteiger partial charge < -0.3 is 15.2 Å². The number of rotatable bonds is 7. The Morgan fingerprint density at radius 2 is 2.05 bits per heavy atom. The predicted molar refractivity (Wildman–Crippen MR) is 73.8 cm³/mol. The summed E-state index contributed by atoms with van der Waals surface area (Å²) in [6, 6.07) is 7.60. The van der Waals surface area contributed by atoms with E-state index in [4.69, 9.17) is 9.84 Å². The fourth-order valence-electron chi connectivity index (χ4n) is 1.48. The van der Waals surface area contributed by atoms with Gasteiger partial charge in [0, 0.05) is 13.0 Å². The zero-order valence-electron chi connectivity index (χ0n) is 10.7. The number of benzene rings is 1. The van der Waals surface area contributed by atoms with Crippen LogP contribution in [0.3, 0.4) is 0 Å². The highest BCUT2D eigenvalue weighted by molar-refractivity contribution is 5.85. The molecule has 5 nitrogen and oxygen atoms in total. The Kier molecular flexibility index (Phi) is 8.37. The molecule has 6 heteroatoms. The van der Waals surface area contributed by atoms with Gasteiger partial charge in [0.2, 0.25) is 5.91 Å². The number of methoxy groups -OCH3 is 1. The van der Waals surface area contributed by atoms with Crippen molar-refractivity contribution < 1.29 is 19.4 Å². The molecule has 0 fully saturated rings. The van der Waals surface area contributed by atoms with E-state index in [1.807, 2.05) is 24.3 Å². The molecule has 0 bridgehead atoms. The van der Waals surface area contributed by atoms with Crippen LogP contribution in [0.5, 0.6) is 5.75 Å². The number of aliphatic carboxylic acids is 1. The van der Waals surface area contributed by atoms with Crippen LogP contribution < -0.4 is 10.1 Å². The van der Waals surface area contributed by atoms with Crippen LogP contribution in [0, 0.1) is 0 Å². The lowest BCUT2D eigenvalue weighted by atomic mass is 10.1. The normalized spacial score (nSPS) is 9.32. The molecule has 1 aromatic carbocycles. The van der Waals surface area contributed by atoms with Gasteiger partial charge in [0.1, 0.15) is 5.75 Å². The Labute approximate surface area is 118 Å². The number of carbonyl (C=O) groups excluding carboxylic acids is 1. The van der Waals surface area contributed by atoms with E-state index in [1.54, 1.807) is 7.11 Å². The smallest absolute Gasteiger partial charge is 0.303 e. The highest BCUT2D eigenvalue weighted by Gasteiger charge is 2.04. The SMILES string of the molecule is COc1cccc(CCNC(=O)CCC(=O)O)c1.Cl. The van der Waals surface area contributed by atoms with Crippen LogP contribution in [-0.4, -0.2) is 30.6 Å². The van der Waals surface area contributed by atoms with Gasteiger partial charge in [-0.1, -0.05) is 12.1 Å². The Morgan fingerprint density at radius 1 is 1.32 bits per heavy atom. The molecule has 1 aromatic rings. The second kappa shape index (κ2) is 9.22. The minimum atomic E-state index is -0.960. The number of hydrogen-bond acceptors (Lipinski definition) is 3. The van der Waals surface area contributed by atoms with Gasteiger partial charge in [-0.15, -0.1) is 12.4 Å². The quantitative estimate of drug-likeness (QED) is 0.799. The van der Waals surface area contributed by atoms with E-state index >= 15 is 0 Å². The Morgan fingerprint density at radius 3 is 2.68 bits per heavy atom. The van der Waals surface area contributed by atoms with Gasteiger partial charge in [-0.2, -0.15) is 0 Å². The number of carboxylic acid groups (broad SMARTS) is 1. The summed E-state index contributed by atoms with van der Waals surface area (Å²) in [6.45, 7) is 0.492. The molecule has 19 heavy (non-hydrogen) atoms. The molecule has 0 aliphatic carbocycles. The lowest BCUT2D eigenvalue weighted by Gasteiger charge is -2.06. The molecule has 1 rings (SSSR count). The molecule has 0 radical (unpaired) electrons. The van der Waals surface area contributed by atoms with Crippen LogP contribution in [0.15, 0.2) is 24.3 Å². The summed E-state index contributed by atoms with van der Waals surface area (Å²) in [5.41, 5.74) is 1.06. The number of hydrogen-bond donors (Lipinski definition) is 2. The Bertz CT molecular complexity index is 423. The average molecular weight is 288 g/mol. The predicted octanol–water partition coefficient (Wildman–Crippen LogP) is 1.64. The van der Waals surface area contributed by atoms with Gasteiger partial charge in [-0.3, -0.25) is 9.59 Å². The van der Waals surface area contributed by atoms with Crippen molar-refractivity contribution in [2.75, 3.05) is 13.7 Å². The molecule has 0 aliphatic heterocycles. The van der Waals surface area contributed by atoms with Gasteiger partial charge in [-0.25, -0.2) is 0 Å². The minimum absolute atomic E-state index is 0. The zero-order chi connectivity index (χ0) is 13.4. The molecular formula is C13H18ClNO4. The molecule has 106 valence electrons. The highest BCUT2D eigenvalue weighted by atomic mass is 35.5. The number of ether oxygens (including phenoxy) is 1. The van der Waals surface area contributed by atoms with Gasteiger partial charge in [0.15, 0.2) is 0 Å². The number of amides is 1. The molecule has 0 saturated carbocycles. The standard InChI is InChI=1S/C13H17NO4.ClH/c1-18-11-4-2-3-10(9-11)7-8-14-12(15)5-6-13(16)17;/h2-4,9H,5-8H2,1H3,(H,14,15)(H,16,17);1H. The summed E-state index contributed by atoms with van der Waals surface area (Å²) in [5, 5.41) is 11.1. The lowest BCUT2D eigenvalue weighted by molar-refractivity contribution is -0.138. The number of halogens is 1. The van der Waals surface area contributed by atoms with Crippen molar-refractivity contribution in [2.24, 2.45) is 0 Å². The molecule has 0 heterocycles. The minimum Gasteiger partial charge on any atom is -0.497 e. The van der Waals surface area contributed by atoms with Gasteiger partial charge in [0.25, 0.3) is 0 Å². The topological polar surface area (TPSA) is 75.6 Å². The molecule has 0 aliphatic rings. The Balaban J connectivity index is 0.00000324. The van der Waals surface area contributed by atoms with Gasteiger partial charge in [0.05, 0.1) is 13.5 Å². The van der Waals surface area contributed by atoms with Crippen molar-refractivity contribution >= 4 is 24.3 Å². The first-order valence-corrected chi connectivity index (χ1v) is 5.73. The van der Waals surface area contributed by atoms with E-state index in [2.05, 4.69) is 5.32 Å². The first-order valence-electron chi connectivity index (χ1n) is 5.73. The van der Waals surface area contributed by atoms with Crippen molar-refractivity contribution in [3.05, 3.63) is 29.8 Å². The maximum atomic E-state index is 11.3. The summed E-state index contributed by atoms with van der Waals surface area (Å²) in [5.74, 6) is -0.414. The molecule has 0 unspecified atom stereocenters. The largest absolute Gasteiger partial charge is 0.497 e. The van der Waals surface area contributed by atoms with Crippen LogP contribution in [0.4, 0.5) is 0 Å². The maximum absolute atomic E-state index is 11.3. The first-order chi connectivity index (χ1) is 8.61. The second-order valence-corrected chi connectivity index (χ2v) is 3.85. The van der Waals surface area contributed by atoms with Crippen molar-refractivity contribution in [3.63, 3.8) is 0 Å². The summed E-state index contributed by atoms with van der Waals surface area (Å²) in [6.07, 6.45) is 0.578. The van der Waals surface area contributed by atoms with Gasteiger partial charge in [-0.05, 0) is 24.1 Å². The van der Waals surface area contributed by atoms with Crippen LogP contribution >= 0.6 is 12.4 Å². The van der Waals surface area contributed by atoms with E-state index in [-0.39, 0.29) is 31.2 Å². The van der Waals surface area contributed by atoms with E-state index in [0.29, 0.717) is 13.0 Å². The highest BCUT2D eigenvalue weighted by Crippen LogP contribution is 2.12. The third kappa shape index (κ3) is 7.31. The monoisotopic (exact) mass is 287 g/mol. The average Bonchev–Trinajstić information content (AvgIpc) is 2.36. The molecule has 0 saturated heterocycles. The molecule has 1 amide bonds. The molecular weight excluding hydrogens is 270 g/mol. The molecule has 0 atom stereocenters. The third-order valence-corrected chi connectivity index (χ3v) is 2.44. The second-order valence-electron chi connectivity index (χ2n) is 3.85. The van der Waals surface area contributed by atoms with Crippen molar-refractivity contribution in [1.82, 2.24) is 5.32 Å². The van der Waals surface area contributed by atoms with Crippen LogP contribution in [0.25, 0.3) is 0 Å². The molecule has 0 spiro atoms. The van der Waals surface area contributed by atoms with Crippen molar-refractivity contribution in [2.45, 2.75) is 19.3 Å². The van der Waals surface area contributed by atoms with Crippen LogP contribution in [0.2, 0.25) is 0 Å². The van der Waals surface area contributed by atoms with E-state index in [0.717, 1.165) is 11.3 Å². The fourth-order valence-corrected chi connectivity index (χ4v) is 1.48. The van der Waals surface area contributed by atoms with Crippen molar-refractivity contribution in [1.29, 1.82) is 0 Å². The van der Waals surface area contributed by atoms with E-state index < -0.39 is 5.97 Å². The zero-order valence-corrected chi connectivity index (χ0v) is 11.5. The fraction of sp³-hybridized carbons (Fsp3) is 0.385. The summed E-state index contributed by atoms with van der Waals surface area (Å²) < 4.78 is 5.09. The number of carbonyl (C=O) groups is 2. The number of carboxylic acids is 1. The molecule has 2 N–H and O–H groups in total. The summed E-state index contributed by atoms with van der Waals surface area (Å²) in [4.78, 5) is 21.5. The van der Waals surface area contributed by atoms with E-state index in [1.165, 1.54) is 0 Å².